The molecule has 3 saturated heterocycles. The van der Waals surface area contributed by atoms with Gasteiger partial charge < -0.3 is 53.4 Å². The number of carbonyl (C=O) groups is 5. The van der Waals surface area contributed by atoms with E-state index in [0.29, 0.717) is 65.3 Å². The molecule has 0 spiro atoms. The second-order valence-electron chi connectivity index (χ2n) is 34.3. The van der Waals surface area contributed by atoms with E-state index in [1.807, 2.05) is 170 Å². The van der Waals surface area contributed by atoms with Crippen LogP contribution in [0.15, 0.2) is 202 Å². The minimum Gasteiger partial charge on any atom is -0.444 e. The van der Waals surface area contributed by atoms with Crippen LogP contribution in [-0.4, -0.2) is 211 Å². The molecule has 5 aromatic carbocycles. The first kappa shape index (κ1) is 88.2. The Kier molecular flexibility index (Phi) is 30.1. The molecular weight excluding hydrogens is 1560 g/mol. The van der Waals surface area contributed by atoms with Gasteiger partial charge in [0, 0.05) is 152 Å². The Morgan fingerprint density at radius 3 is 1.20 bits per heavy atom. The van der Waals surface area contributed by atoms with Crippen molar-refractivity contribution in [2.45, 2.75) is 188 Å². The van der Waals surface area contributed by atoms with Gasteiger partial charge >= 0.3 is 12.2 Å². The molecule has 2 aliphatic carbocycles. The van der Waals surface area contributed by atoms with E-state index in [0.717, 1.165) is 133 Å². The Hall–Kier alpha value is -10.6. The van der Waals surface area contributed by atoms with Gasteiger partial charge in [-0.15, -0.1) is 0 Å². The Morgan fingerprint density at radius 1 is 0.438 bits per heavy atom. The van der Waals surface area contributed by atoms with Gasteiger partial charge in [-0.05, 0) is 194 Å². The van der Waals surface area contributed by atoms with Crippen molar-refractivity contribution >= 4 is 53.1 Å². The monoisotopic (exact) mass is 1680 g/mol. The van der Waals surface area contributed by atoms with Crippen LogP contribution in [0.25, 0.3) is 0 Å². The molecule has 638 valence electrons. The predicted molar refractivity (Wildman–Crippen MR) is 471 cm³/mol. The first-order valence-corrected chi connectivity index (χ1v) is 43.4. The van der Waals surface area contributed by atoms with Crippen LogP contribution in [0.4, 0.5) is 9.59 Å². The van der Waals surface area contributed by atoms with Crippen molar-refractivity contribution in [2.75, 3.05) is 78.5 Å². The normalized spacial score (nSPS) is 17.9. The summed E-state index contributed by atoms with van der Waals surface area (Å²) in [7, 11) is 0. The number of nitrogens with one attached hydrogen (secondary N) is 2. The number of benzene rings is 5. The highest BCUT2D eigenvalue weighted by Crippen LogP contribution is 2.40. The Morgan fingerprint density at radius 2 is 0.818 bits per heavy atom. The fraction of sp³-hybridized carbons (Fsp3) is 0.432. The number of ether oxygens (including phenoxy) is 2. The number of nitrogens with zero attached hydrogens (tertiary/aromatic N) is 15. The number of halogens is 2. The summed E-state index contributed by atoms with van der Waals surface area (Å²) in [6.07, 6.45) is 20.4. The second-order valence-corrected chi connectivity index (χ2v) is 35.1. The van der Waals surface area contributed by atoms with E-state index in [1.165, 1.54) is 43.2 Å². The highest BCUT2D eigenvalue weighted by atomic mass is 35.5. The van der Waals surface area contributed by atoms with Crippen LogP contribution in [0, 0.1) is 20.8 Å². The van der Waals surface area contributed by atoms with Gasteiger partial charge in [0.1, 0.15) is 17.2 Å². The third-order valence-corrected chi connectivity index (χ3v) is 23.1. The summed E-state index contributed by atoms with van der Waals surface area (Å²) >= 11 is 12.9. The number of imidazole rings is 3. The van der Waals surface area contributed by atoms with Crippen LogP contribution < -0.4 is 10.6 Å². The minimum absolute atomic E-state index is 0.00887. The highest BCUT2D eigenvalue weighted by Gasteiger charge is 2.43. The number of hydrogen-bond acceptors (Lipinski definition) is 16. The molecule has 5 aliphatic rings. The van der Waals surface area contributed by atoms with E-state index < -0.39 is 29.4 Å². The molecule has 3 aliphatic heterocycles. The van der Waals surface area contributed by atoms with E-state index in [4.69, 9.17) is 42.6 Å². The van der Waals surface area contributed by atoms with Crippen molar-refractivity contribution in [3.05, 3.63) is 290 Å². The molecule has 24 nitrogen and oxygen atoms in total. The van der Waals surface area contributed by atoms with Crippen LogP contribution in [0.2, 0.25) is 10.0 Å². The smallest absolute Gasteiger partial charge is 0.411 e. The fourth-order valence-electron chi connectivity index (χ4n) is 16.9. The zero-order valence-electron chi connectivity index (χ0n) is 71.4. The minimum atomic E-state index is -0.902. The largest absolute Gasteiger partial charge is 0.444 e. The van der Waals surface area contributed by atoms with Gasteiger partial charge in [0.2, 0.25) is 17.7 Å². The van der Waals surface area contributed by atoms with Gasteiger partial charge in [0.15, 0.2) is 0 Å². The molecule has 0 unspecified atom stereocenters. The quantitative estimate of drug-likeness (QED) is 0.0606. The summed E-state index contributed by atoms with van der Waals surface area (Å²) in [6.45, 7) is 27.3. The number of fused-ring (bicyclic) bond motifs is 4. The zero-order valence-corrected chi connectivity index (χ0v) is 73.0. The van der Waals surface area contributed by atoms with Crippen molar-refractivity contribution in [3.63, 3.8) is 0 Å². The van der Waals surface area contributed by atoms with E-state index in [9.17, 15) is 24.0 Å². The van der Waals surface area contributed by atoms with Crippen LogP contribution in [-0.2, 0) is 88.8 Å². The average Bonchev–Trinajstić information content (AvgIpc) is 1.68. The molecule has 121 heavy (non-hydrogen) atoms. The number of pyridine rings is 2. The molecule has 0 radical (unpaired) electrons. The Labute approximate surface area is 722 Å². The first-order chi connectivity index (χ1) is 58.3. The van der Waals surface area contributed by atoms with Crippen LogP contribution in [0.1, 0.15) is 151 Å². The molecule has 5 amide bonds. The van der Waals surface area contributed by atoms with E-state index >= 15 is 0 Å². The van der Waals surface area contributed by atoms with Crippen molar-refractivity contribution in [2.24, 2.45) is 0 Å². The fourth-order valence-corrected chi connectivity index (χ4v) is 17.2. The van der Waals surface area contributed by atoms with E-state index in [2.05, 4.69) is 105 Å². The van der Waals surface area contributed by atoms with E-state index in [1.54, 1.807) is 52.8 Å². The molecule has 5 atom stereocenters. The van der Waals surface area contributed by atoms with Crippen LogP contribution >= 0.6 is 23.2 Å². The Bertz CT molecular complexity index is 4860. The van der Waals surface area contributed by atoms with Crippen molar-refractivity contribution in [1.82, 2.24) is 83.6 Å². The van der Waals surface area contributed by atoms with Gasteiger partial charge in [0.25, 0.3) is 0 Å². The summed E-state index contributed by atoms with van der Waals surface area (Å²) in [6, 6.07) is 49.7. The SMILES string of the molecule is Cc1cn(CCCN(Cc2ccccc2)C(=O)[C@H]2CN(C(=O)OC(C)(C)C)CCN2C(=O)OC(C)(C)C)cn1.Cc1cn(CCCN(Cc2ccccc2)C(=O)[C@H]2CN([C@@H]3c4ccc(Cl)cc4CCc4cccnc43)CCN2)cn1.Cc1cn(CCCN(Cc2ccccc2)C(=O)[C@H]2CN([C@H]3c4ccc(Cl)cc4CCc4cccnc43)CCN2)cn1. The van der Waals surface area contributed by atoms with Gasteiger partial charge in [-0.25, -0.2) is 24.5 Å². The number of amides is 5. The lowest BCUT2D eigenvalue weighted by atomic mass is 9.95. The molecule has 5 aromatic heterocycles. The van der Waals surface area contributed by atoms with Gasteiger partial charge in [-0.3, -0.25) is 39.1 Å². The second kappa shape index (κ2) is 41.3. The molecule has 0 bridgehead atoms. The van der Waals surface area contributed by atoms with Gasteiger partial charge in [0.05, 0.1) is 78.2 Å². The predicted octanol–water partition coefficient (Wildman–Crippen LogP) is 14.1. The van der Waals surface area contributed by atoms with Crippen molar-refractivity contribution < 1.29 is 33.4 Å². The molecule has 3 fully saturated rings. The summed E-state index contributed by atoms with van der Waals surface area (Å²) in [5.41, 5.74) is 14.6. The van der Waals surface area contributed by atoms with Crippen LogP contribution in [0.3, 0.4) is 0 Å². The standard InChI is InChI=1S/2C33H37ClN6O.C29H43N5O5/c2*1-24-20-38(23-37-24)16-6-17-40(21-25-7-3-2-4-8-25)33(41)30-22-39(18-15-35-30)32-29-13-12-28(34)19-27(29)11-10-26-9-5-14-36-31(26)32;1-22-18-31(21-30-22)14-11-15-32(19-23-12-9-8-10-13-23)25(35)24-20-33(26(36)38-28(2,3)4)16-17-34(24)27(37)39-29(5,6)7/h2*2-5,7-9,12-14,19-20,23,30,32,35H,6,10-11,15-18,21-22H2,1H3;8-10,12-13,18,21,24H,11,14-17,19-20H2,1-7H3/t30-,32+;30-,32-;24-/m111/s1. The summed E-state index contributed by atoms with van der Waals surface area (Å²) < 4.78 is 17.4. The topological polar surface area (TPSA) is 230 Å². The average molecular weight is 1680 g/mol. The van der Waals surface area contributed by atoms with Gasteiger partial charge in [-0.1, -0.05) is 138 Å². The summed E-state index contributed by atoms with van der Waals surface area (Å²) in [5.74, 6) is 0.0536. The zero-order chi connectivity index (χ0) is 85.2. The molecular formula is C95H117Cl2N17O7. The molecule has 26 heteroatoms. The summed E-state index contributed by atoms with van der Waals surface area (Å²) in [5, 5.41) is 8.62. The van der Waals surface area contributed by atoms with Crippen molar-refractivity contribution in [3.8, 4) is 0 Å². The Balaban J connectivity index is 0.000000157. The van der Waals surface area contributed by atoms with Crippen LogP contribution in [0.5, 0.6) is 0 Å². The number of aryl methyl sites for hydroxylation is 10. The van der Waals surface area contributed by atoms with E-state index in [-0.39, 0.29) is 61.5 Å². The maximum atomic E-state index is 14.2. The maximum absolute atomic E-state index is 14.2. The van der Waals surface area contributed by atoms with Gasteiger partial charge in [-0.2, -0.15) is 0 Å². The lowest BCUT2D eigenvalue weighted by molar-refractivity contribution is -0.140. The molecule has 10 aromatic rings. The summed E-state index contributed by atoms with van der Waals surface area (Å²) in [4.78, 5) is 105. The maximum Gasteiger partial charge on any atom is 0.411 e. The number of rotatable bonds is 23. The highest BCUT2D eigenvalue weighted by molar-refractivity contribution is 6.31. The third kappa shape index (κ3) is 24.4. The lowest BCUT2D eigenvalue weighted by Gasteiger charge is -2.42. The number of carbonyl (C=O) groups excluding carboxylic acids is 5. The molecule has 15 rings (SSSR count). The molecule has 2 N–H and O–H groups in total. The molecule has 8 heterocycles. The molecule has 0 saturated carbocycles. The third-order valence-electron chi connectivity index (χ3n) is 22.6. The number of aromatic nitrogens is 8. The number of piperazine rings is 3. The number of hydrogen-bond donors (Lipinski definition) is 2. The first-order valence-electron chi connectivity index (χ1n) is 42.6. The van der Waals surface area contributed by atoms with Crippen molar-refractivity contribution in [1.29, 1.82) is 0 Å². The lowest BCUT2D eigenvalue weighted by Crippen LogP contribution is -2.62.